The highest BCUT2D eigenvalue weighted by Crippen LogP contribution is 2.34. The van der Waals surface area contributed by atoms with Gasteiger partial charge in [-0.15, -0.1) is 13.2 Å². The van der Waals surface area contributed by atoms with Gasteiger partial charge in [-0.05, 0) is 36.2 Å². The van der Waals surface area contributed by atoms with Crippen LogP contribution in [0.15, 0.2) is 54.6 Å². The number of aryl methyl sites for hydroxylation is 1. The van der Waals surface area contributed by atoms with Gasteiger partial charge in [-0.1, -0.05) is 43.7 Å². The fourth-order valence-corrected chi connectivity index (χ4v) is 2.88. The van der Waals surface area contributed by atoms with Gasteiger partial charge >= 0.3 is 6.36 Å². The van der Waals surface area contributed by atoms with E-state index >= 15 is 0 Å². The number of benzene rings is 2. The van der Waals surface area contributed by atoms with Crippen molar-refractivity contribution in [2.45, 2.75) is 26.1 Å². The molecule has 2 aromatic carbocycles. The molecule has 3 rings (SSSR count). The van der Waals surface area contributed by atoms with Crippen molar-refractivity contribution in [1.29, 1.82) is 0 Å². The number of aldehydes is 1. The number of aromatic nitrogens is 2. The molecule has 0 spiro atoms. The SMILES string of the molecule is CCCc1cc(C=O)nn1-c1cccc(-c2ccccc2OC(F)(F)F)c1. The van der Waals surface area contributed by atoms with Gasteiger partial charge in [0, 0.05) is 11.3 Å². The predicted molar refractivity (Wildman–Crippen MR) is 95.1 cm³/mol. The third kappa shape index (κ3) is 4.36. The van der Waals surface area contributed by atoms with Crippen molar-refractivity contribution in [2.75, 3.05) is 0 Å². The lowest BCUT2D eigenvalue weighted by molar-refractivity contribution is -0.274. The van der Waals surface area contributed by atoms with E-state index in [-0.39, 0.29) is 5.75 Å². The minimum Gasteiger partial charge on any atom is -0.405 e. The van der Waals surface area contributed by atoms with Crippen LogP contribution in [-0.2, 0) is 6.42 Å². The van der Waals surface area contributed by atoms with Gasteiger partial charge in [0.15, 0.2) is 6.29 Å². The van der Waals surface area contributed by atoms with E-state index in [2.05, 4.69) is 9.84 Å². The zero-order valence-electron chi connectivity index (χ0n) is 14.5. The summed E-state index contributed by atoms with van der Waals surface area (Å²) in [5.41, 5.74) is 2.70. The average molecular weight is 374 g/mol. The Bertz CT molecular complexity index is 948. The number of hydrogen-bond acceptors (Lipinski definition) is 3. The first kappa shape index (κ1) is 18.7. The zero-order valence-corrected chi connectivity index (χ0v) is 14.5. The predicted octanol–water partition coefficient (Wildman–Crippen LogP) is 5.20. The summed E-state index contributed by atoms with van der Waals surface area (Å²) in [4.78, 5) is 11.1. The van der Waals surface area contributed by atoms with Gasteiger partial charge in [0.05, 0.1) is 5.69 Å². The smallest absolute Gasteiger partial charge is 0.405 e. The first-order chi connectivity index (χ1) is 12.9. The topological polar surface area (TPSA) is 44.1 Å². The highest BCUT2D eigenvalue weighted by atomic mass is 19.4. The van der Waals surface area contributed by atoms with E-state index in [1.54, 1.807) is 47.1 Å². The molecule has 0 fully saturated rings. The Balaban J connectivity index is 2.06. The number of para-hydroxylation sites is 1. The Morgan fingerprint density at radius 1 is 1.11 bits per heavy atom. The molecule has 4 nitrogen and oxygen atoms in total. The van der Waals surface area contributed by atoms with Crippen LogP contribution in [0.25, 0.3) is 16.8 Å². The molecule has 1 aromatic heterocycles. The van der Waals surface area contributed by atoms with Crippen LogP contribution in [0.2, 0.25) is 0 Å². The van der Waals surface area contributed by atoms with E-state index in [1.807, 2.05) is 6.92 Å². The van der Waals surface area contributed by atoms with E-state index in [0.29, 0.717) is 28.8 Å². The molecule has 0 atom stereocenters. The quantitative estimate of drug-likeness (QED) is 0.557. The van der Waals surface area contributed by atoms with Gasteiger partial charge in [0.25, 0.3) is 0 Å². The molecular formula is C20H17F3N2O2. The van der Waals surface area contributed by atoms with Crippen molar-refractivity contribution in [2.24, 2.45) is 0 Å². The molecule has 0 unspecified atom stereocenters. The number of carbonyl (C=O) groups excluding carboxylic acids is 1. The molecule has 27 heavy (non-hydrogen) atoms. The molecule has 0 aliphatic rings. The number of alkyl halides is 3. The Hall–Kier alpha value is -3.09. The third-order valence-electron chi connectivity index (χ3n) is 3.94. The van der Waals surface area contributed by atoms with Crippen molar-refractivity contribution >= 4 is 6.29 Å². The van der Waals surface area contributed by atoms with Crippen LogP contribution in [0.4, 0.5) is 13.2 Å². The molecule has 3 aromatic rings. The number of carbonyl (C=O) groups is 1. The summed E-state index contributed by atoms with van der Waals surface area (Å²) in [6, 6.07) is 14.6. The van der Waals surface area contributed by atoms with Crippen molar-refractivity contribution in [3.63, 3.8) is 0 Å². The summed E-state index contributed by atoms with van der Waals surface area (Å²) >= 11 is 0. The fourth-order valence-electron chi connectivity index (χ4n) is 2.88. The third-order valence-corrected chi connectivity index (χ3v) is 3.94. The van der Waals surface area contributed by atoms with E-state index in [9.17, 15) is 18.0 Å². The highest BCUT2D eigenvalue weighted by Gasteiger charge is 2.32. The second-order valence-corrected chi connectivity index (χ2v) is 5.93. The maximum absolute atomic E-state index is 12.7. The minimum absolute atomic E-state index is 0.273. The van der Waals surface area contributed by atoms with E-state index in [0.717, 1.165) is 18.5 Å². The summed E-state index contributed by atoms with van der Waals surface area (Å²) in [6.45, 7) is 2.01. The first-order valence-corrected chi connectivity index (χ1v) is 8.41. The highest BCUT2D eigenvalue weighted by molar-refractivity contribution is 5.73. The second-order valence-electron chi connectivity index (χ2n) is 5.93. The Labute approximate surface area is 154 Å². The van der Waals surface area contributed by atoms with Crippen molar-refractivity contribution in [1.82, 2.24) is 9.78 Å². The van der Waals surface area contributed by atoms with Gasteiger partial charge in [-0.3, -0.25) is 4.79 Å². The van der Waals surface area contributed by atoms with E-state index < -0.39 is 6.36 Å². The number of nitrogens with zero attached hydrogens (tertiary/aromatic N) is 2. The molecule has 0 aliphatic carbocycles. The molecule has 0 aliphatic heterocycles. The molecule has 0 N–H and O–H groups in total. The van der Waals surface area contributed by atoms with Crippen molar-refractivity contribution in [3.8, 4) is 22.6 Å². The lowest BCUT2D eigenvalue weighted by atomic mass is 10.0. The van der Waals surface area contributed by atoms with E-state index in [4.69, 9.17) is 0 Å². The maximum Gasteiger partial charge on any atom is 0.573 e. The Morgan fingerprint density at radius 3 is 2.59 bits per heavy atom. The normalized spacial score (nSPS) is 11.4. The molecular weight excluding hydrogens is 357 g/mol. The first-order valence-electron chi connectivity index (χ1n) is 8.41. The molecule has 0 bridgehead atoms. The molecule has 0 saturated heterocycles. The molecule has 7 heteroatoms. The van der Waals surface area contributed by atoms with Crippen LogP contribution in [0.3, 0.4) is 0 Å². The largest absolute Gasteiger partial charge is 0.573 e. The van der Waals surface area contributed by atoms with Gasteiger partial charge < -0.3 is 4.74 Å². The molecule has 0 amide bonds. The second kappa shape index (κ2) is 7.65. The maximum atomic E-state index is 12.7. The lowest BCUT2D eigenvalue weighted by Crippen LogP contribution is -2.17. The fraction of sp³-hybridized carbons (Fsp3) is 0.200. The van der Waals surface area contributed by atoms with Crippen LogP contribution in [-0.4, -0.2) is 22.4 Å². The van der Waals surface area contributed by atoms with Gasteiger partial charge in [-0.25, -0.2) is 4.68 Å². The van der Waals surface area contributed by atoms with Crippen LogP contribution in [0.5, 0.6) is 5.75 Å². The van der Waals surface area contributed by atoms with Gasteiger partial charge in [0.1, 0.15) is 11.4 Å². The number of ether oxygens (including phenoxy) is 1. The Morgan fingerprint density at radius 2 is 1.89 bits per heavy atom. The number of halogens is 3. The van der Waals surface area contributed by atoms with Crippen molar-refractivity contribution in [3.05, 3.63) is 66.0 Å². The monoisotopic (exact) mass is 374 g/mol. The van der Waals surface area contributed by atoms with Gasteiger partial charge in [-0.2, -0.15) is 5.10 Å². The van der Waals surface area contributed by atoms with Crippen molar-refractivity contribution < 1.29 is 22.7 Å². The summed E-state index contributed by atoms with van der Waals surface area (Å²) in [5, 5.41) is 4.27. The molecule has 140 valence electrons. The molecule has 0 radical (unpaired) electrons. The lowest BCUT2D eigenvalue weighted by Gasteiger charge is -2.14. The number of rotatable bonds is 6. The van der Waals surface area contributed by atoms with Crippen LogP contribution < -0.4 is 4.74 Å². The minimum atomic E-state index is -4.77. The summed E-state index contributed by atoms with van der Waals surface area (Å²) in [7, 11) is 0. The van der Waals surface area contributed by atoms with E-state index in [1.165, 1.54) is 12.1 Å². The molecule has 1 heterocycles. The summed E-state index contributed by atoms with van der Waals surface area (Å²) in [5.74, 6) is -0.273. The zero-order chi connectivity index (χ0) is 19.4. The van der Waals surface area contributed by atoms with Crippen LogP contribution in [0.1, 0.15) is 29.5 Å². The standard InChI is InChI=1S/C20H17F3N2O2/c1-2-6-16-12-15(13-26)24-25(16)17-8-5-7-14(11-17)18-9-3-4-10-19(18)27-20(21,22)23/h3-5,7-13H,2,6H2,1H3. The van der Waals surface area contributed by atoms with Gasteiger partial charge in [0.2, 0.25) is 0 Å². The number of hydrogen-bond donors (Lipinski definition) is 0. The Kier molecular flexibility index (Phi) is 5.30. The summed E-state index contributed by atoms with van der Waals surface area (Å²) in [6.07, 6.45) is -2.51. The summed E-state index contributed by atoms with van der Waals surface area (Å²) < 4.78 is 43.9. The molecule has 0 saturated carbocycles. The van der Waals surface area contributed by atoms with Crippen LogP contribution in [0, 0.1) is 0 Å². The average Bonchev–Trinajstić information content (AvgIpc) is 3.04. The van der Waals surface area contributed by atoms with Crippen LogP contribution >= 0.6 is 0 Å².